The van der Waals surface area contributed by atoms with E-state index in [9.17, 15) is 0 Å². The predicted octanol–water partition coefficient (Wildman–Crippen LogP) is 2.80. The van der Waals surface area contributed by atoms with Crippen LogP contribution in [0.15, 0.2) is 29.8 Å². The second kappa shape index (κ2) is 4.53. The van der Waals surface area contributed by atoms with Gasteiger partial charge in [0.05, 0.1) is 7.11 Å². The van der Waals surface area contributed by atoms with Crippen LogP contribution in [0.25, 0.3) is 6.08 Å². The monoisotopic (exact) mass is 229 g/mol. The fourth-order valence-electron chi connectivity index (χ4n) is 2.93. The molecule has 0 amide bonds. The Morgan fingerprint density at radius 2 is 1.88 bits per heavy atom. The van der Waals surface area contributed by atoms with Gasteiger partial charge in [-0.05, 0) is 49.5 Å². The van der Waals surface area contributed by atoms with E-state index in [0.717, 1.165) is 11.7 Å². The molecule has 90 valence electrons. The lowest BCUT2D eigenvalue weighted by atomic mass is 9.83. The summed E-state index contributed by atoms with van der Waals surface area (Å²) in [4.78, 5) is 2.56. The highest BCUT2D eigenvalue weighted by Crippen LogP contribution is 2.33. The molecule has 2 heteroatoms. The summed E-state index contributed by atoms with van der Waals surface area (Å²) in [5.41, 5.74) is 2.92. The van der Waals surface area contributed by atoms with E-state index in [2.05, 4.69) is 23.1 Å². The van der Waals surface area contributed by atoms with Crippen molar-refractivity contribution in [1.29, 1.82) is 0 Å². The maximum Gasteiger partial charge on any atom is 0.118 e. The van der Waals surface area contributed by atoms with Crippen LogP contribution in [0.1, 0.15) is 18.4 Å². The van der Waals surface area contributed by atoms with Crippen LogP contribution < -0.4 is 4.74 Å². The van der Waals surface area contributed by atoms with Crippen molar-refractivity contribution in [1.82, 2.24) is 4.90 Å². The Morgan fingerprint density at radius 1 is 1.18 bits per heavy atom. The van der Waals surface area contributed by atoms with Crippen molar-refractivity contribution in [3.05, 3.63) is 35.4 Å². The Labute approximate surface area is 103 Å². The van der Waals surface area contributed by atoms with Crippen LogP contribution in [0.2, 0.25) is 0 Å². The highest BCUT2D eigenvalue weighted by atomic mass is 16.5. The summed E-state index contributed by atoms with van der Waals surface area (Å²) in [5.74, 6) is 1.77. The fourth-order valence-corrected chi connectivity index (χ4v) is 2.93. The van der Waals surface area contributed by atoms with Gasteiger partial charge in [-0.15, -0.1) is 0 Å². The zero-order valence-electron chi connectivity index (χ0n) is 10.4. The summed E-state index contributed by atoms with van der Waals surface area (Å²) < 4.78 is 5.18. The molecule has 0 radical (unpaired) electrons. The molecule has 3 aliphatic rings. The van der Waals surface area contributed by atoms with E-state index in [1.54, 1.807) is 12.7 Å². The number of ether oxygens (including phenoxy) is 1. The molecule has 0 atom stereocenters. The number of nitrogens with zero attached hydrogens (tertiary/aromatic N) is 1. The van der Waals surface area contributed by atoms with Crippen molar-refractivity contribution < 1.29 is 4.74 Å². The molecular weight excluding hydrogens is 210 g/mol. The van der Waals surface area contributed by atoms with Crippen molar-refractivity contribution >= 4 is 6.08 Å². The Hall–Kier alpha value is -1.28. The average Bonchev–Trinajstić information content (AvgIpc) is 2.41. The van der Waals surface area contributed by atoms with Crippen LogP contribution in [0.4, 0.5) is 0 Å². The SMILES string of the molecule is COc1ccc(/C=C2/CN3CCC2CC3)cc1. The van der Waals surface area contributed by atoms with Crippen LogP contribution in [0.5, 0.6) is 5.75 Å². The highest BCUT2D eigenvalue weighted by molar-refractivity contribution is 5.55. The molecule has 4 rings (SSSR count). The number of hydrogen-bond donors (Lipinski definition) is 0. The van der Waals surface area contributed by atoms with Crippen LogP contribution >= 0.6 is 0 Å². The molecule has 3 aliphatic heterocycles. The zero-order chi connectivity index (χ0) is 11.7. The molecule has 1 aromatic rings. The first-order chi connectivity index (χ1) is 8.35. The minimum absolute atomic E-state index is 0.835. The summed E-state index contributed by atoms with van der Waals surface area (Å²) in [6, 6.07) is 8.36. The van der Waals surface area contributed by atoms with E-state index in [1.807, 2.05) is 12.1 Å². The minimum Gasteiger partial charge on any atom is -0.497 e. The first-order valence-electron chi connectivity index (χ1n) is 6.42. The number of methoxy groups -OCH3 is 1. The van der Waals surface area contributed by atoms with E-state index >= 15 is 0 Å². The third-order valence-electron chi connectivity index (χ3n) is 3.99. The van der Waals surface area contributed by atoms with E-state index in [0.29, 0.717) is 0 Å². The first-order valence-corrected chi connectivity index (χ1v) is 6.42. The second-order valence-corrected chi connectivity index (χ2v) is 5.04. The standard InChI is InChI=1S/C15H19NO/c1-17-15-4-2-12(3-5-15)10-14-11-16-8-6-13(14)7-9-16/h2-5,10,13H,6-9,11H2,1H3/b14-10-. The van der Waals surface area contributed by atoms with Crippen LogP contribution in [0.3, 0.4) is 0 Å². The maximum atomic E-state index is 5.18. The molecule has 0 unspecified atom stereocenters. The lowest BCUT2D eigenvalue weighted by Gasteiger charge is -2.41. The van der Waals surface area contributed by atoms with Gasteiger partial charge in [0.15, 0.2) is 0 Å². The topological polar surface area (TPSA) is 12.5 Å². The average molecular weight is 229 g/mol. The van der Waals surface area contributed by atoms with Crippen molar-refractivity contribution in [2.45, 2.75) is 12.8 Å². The lowest BCUT2D eigenvalue weighted by molar-refractivity contribution is 0.163. The molecule has 17 heavy (non-hydrogen) atoms. The number of rotatable bonds is 2. The summed E-state index contributed by atoms with van der Waals surface area (Å²) in [6.07, 6.45) is 5.07. The third-order valence-corrected chi connectivity index (χ3v) is 3.99. The van der Waals surface area contributed by atoms with Gasteiger partial charge in [-0.25, -0.2) is 0 Å². The van der Waals surface area contributed by atoms with E-state index in [4.69, 9.17) is 4.74 Å². The molecule has 2 bridgehead atoms. The molecule has 3 fully saturated rings. The normalized spacial score (nSPS) is 29.6. The molecule has 0 saturated carbocycles. The maximum absolute atomic E-state index is 5.18. The van der Waals surface area contributed by atoms with E-state index < -0.39 is 0 Å². The van der Waals surface area contributed by atoms with Gasteiger partial charge < -0.3 is 4.74 Å². The Morgan fingerprint density at radius 3 is 2.41 bits per heavy atom. The van der Waals surface area contributed by atoms with Gasteiger partial charge >= 0.3 is 0 Å². The van der Waals surface area contributed by atoms with Crippen LogP contribution in [-0.2, 0) is 0 Å². The van der Waals surface area contributed by atoms with Crippen molar-refractivity contribution in [3.8, 4) is 5.75 Å². The van der Waals surface area contributed by atoms with Gasteiger partial charge in [0.25, 0.3) is 0 Å². The van der Waals surface area contributed by atoms with E-state index in [1.165, 1.54) is 38.0 Å². The van der Waals surface area contributed by atoms with Crippen molar-refractivity contribution in [2.75, 3.05) is 26.7 Å². The number of hydrogen-bond acceptors (Lipinski definition) is 2. The smallest absolute Gasteiger partial charge is 0.118 e. The van der Waals surface area contributed by atoms with E-state index in [-0.39, 0.29) is 0 Å². The Kier molecular flexibility index (Phi) is 2.89. The fraction of sp³-hybridized carbons (Fsp3) is 0.467. The molecule has 3 saturated heterocycles. The number of benzene rings is 1. The molecule has 0 N–H and O–H groups in total. The molecule has 0 spiro atoms. The van der Waals surface area contributed by atoms with Gasteiger partial charge in [0, 0.05) is 6.54 Å². The lowest BCUT2D eigenvalue weighted by Crippen LogP contribution is -2.42. The third kappa shape index (κ3) is 2.22. The van der Waals surface area contributed by atoms with Crippen LogP contribution in [0, 0.1) is 5.92 Å². The summed E-state index contributed by atoms with van der Waals surface area (Å²) >= 11 is 0. The molecule has 0 aliphatic carbocycles. The number of fused-ring (bicyclic) bond motifs is 3. The Bertz CT molecular complexity index is 413. The minimum atomic E-state index is 0.835. The first kappa shape index (κ1) is 10.8. The molecule has 2 nitrogen and oxygen atoms in total. The summed E-state index contributed by atoms with van der Waals surface area (Å²) in [6.45, 7) is 3.77. The molecule has 0 aromatic heterocycles. The van der Waals surface area contributed by atoms with Crippen LogP contribution in [-0.4, -0.2) is 31.6 Å². The van der Waals surface area contributed by atoms with Gasteiger partial charge in [0.2, 0.25) is 0 Å². The summed E-state index contributed by atoms with van der Waals surface area (Å²) in [5, 5.41) is 0. The predicted molar refractivity (Wildman–Crippen MR) is 70.1 cm³/mol. The van der Waals surface area contributed by atoms with Gasteiger partial charge in [-0.1, -0.05) is 23.8 Å². The molecular formula is C15H19NO. The highest BCUT2D eigenvalue weighted by Gasteiger charge is 2.28. The number of piperidine rings is 3. The Balaban J connectivity index is 1.80. The second-order valence-electron chi connectivity index (χ2n) is 5.04. The zero-order valence-corrected chi connectivity index (χ0v) is 10.4. The summed E-state index contributed by atoms with van der Waals surface area (Å²) in [7, 11) is 1.71. The molecule has 1 aromatic carbocycles. The quantitative estimate of drug-likeness (QED) is 0.773. The van der Waals surface area contributed by atoms with Crippen molar-refractivity contribution in [3.63, 3.8) is 0 Å². The largest absolute Gasteiger partial charge is 0.497 e. The van der Waals surface area contributed by atoms with Gasteiger partial charge in [0.1, 0.15) is 5.75 Å². The van der Waals surface area contributed by atoms with Crippen molar-refractivity contribution in [2.24, 2.45) is 5.92 Å². The van der Waals surface area contributed by atoms with Gasteiger partial charge in [-0.3, -0.25) is 4.90 Å². The molecule has 3 heterocycles. The van der Waals surface area contributed by atoms with Gasteiger partial charge in [-0.2, -0.15) is 0 Å².